The van der Waals surface area contributed by atoms with Gasteiger partial charge < -0.3 is 5.32 Å². The molecular formula is C21H18BrNO. The van der Waals surface area contributed by atoms with Crippen molar-refractivity contribution in [1.82, 2.24) is 0 Å². The van der Waals surface area contributed by atoms with E-state index in [0.717, 1.165) is 21.3 Å². The predicted molar refractivity (Wildman–Crippen MR) is 102 cm³/mol. The third-order valence-electron chi connectivity index (χ3n) is 3.89. The Hall–Kier alpha value is -2.39. The van der Waals surface area contributed by atoms with E-state index in [1.807, 2.05) is 84.9 Å². The summed E-state index contributed by atoms with van der Waals surface area (Å²) in [6, 6.07) is 27.4. The number of halogens is 1. The lowest BCUT2D eigenvalue weighted by Crippen LogP contribution is -2.16. The number of nitrogens with one attached hydrogen (secondary N) is 1. The lowest BCUT2D eigenvalue weighted by atomic mass is 9.97. The van der Waals surface area contributed by atoms with Crippen molar-refractivity contribution in [1.29, 1.82) is 0 Å². The summed E-state index contributed by atoms with van der Waals surface area (Å²) < 4.78 is 0.984. The summed E-state index contributed by atoms with van der Waals surface area (Å²) >= 11 is 3.56. The van der Waals surface area contributed by atoms with Gasteiger partial charge in [0, 0.05) is 22.1 Å². The number of rotatable bonds is 6. The highest BCUT2D eigenvalue weighted by atomic mass is 79.9. The molecule has 0 saturated heterocycles. The van der Waals surface area contributed by atoms with Crippen molar-refractivity contribution in [3.8, 4) is 0 Å². The molecule has 0 aliphatic carbocycles. The van der Waals surface area contributed by atoms with Crippen LogP contribution in [0.2, 0.25) is 0 Å². The van der Waals surface area contributed by atoms with Gasteiger partial charge in [-0.25, -0.2) is 0 Å². The number of carbonyl (C=O) groups is 1. The number of carbonyl (C=O) groups excluding carboxylic acids is 1. The number of Topliss-reactive ketones (excluding diaryl/α,β-unsaturated/α-hetero) is 1. The largest absolute Gasteiger partial charge is 0.377 e. The molecule has 1 unspecified atom stereocenters. The van der Waals surface area contributed by atoms with Crippen molar-refractivity contribution in [3.63, 3.8) is 0 Å². The minimum atomic E-state index is -0.0855. The second-order valence-electron chi connectivity index (χ2n) is 5.58. The summed E-state index contributed by atoms with van der Waals surface area (Å²) in [6.45, 7) is 0. The smallest absolute Gasteiger partial charge is 0.165 e. The summed E-state index contributed by atoms with van der Waals surface area (Å²) in [5, 5.41) is 3.50. The van der Waals surface area contributed by atoms with Gasteiger partial charge in [-0.1, -0.05) is 72.8 Å². The summed E-state index contributed by atoms with van der Waals surface area (Å²) in [5.74, 6) is 0.129. The highest BCUT2D eigenvalue weighted by Crippen LogP contribution is 2.29. The molecule has 0 bridgehead atoms. The molecule has 3 aromatic rings. The Morgan fingerprint density at radius 2 is 1.42 bits per heavy atom. The van der Waals surface area contributed by atoms with Crippen LogP contribution in [0.3, 0.4) is 0 Å². The highest BCUT2D eigenvalue weighted by Gasteiger charge is 2.17. The lowest BCUT2D eigenvalue weighted by Gasteiger charge is -2.21. The fraction of sp³-hybridized carbons (Fsp3) is 0.0952. The average Bonchev–Trinajstić information content (AvgIpc) is 2.64. The SMILES string of the molecule is O=C(CC(Nc1ccccc1Br)c1ccccc1)c1ccccc1. The van der Waals surface area contributed by atoms with Crippen molar-refractivity contribution >= 4 is 27.4 Å². The molecule has 0 amide bonds. The maximum atomic E-state index is 12.7. The first-order valence-electron chi connectivity index (χ1n) is 7.88. The van der Waals surface area contributed by atoms with Crippen LogP contribution in [-0.4, -0.2) is 5.78 Å². The molecule has 0 fully saturated rings. The first-order valence-corrected chi connectivity index (χ1v) is 8.67. The van der Waals surface area contributed by atoms with Crippen LogP contribution >= 0.6 is 15.9 Å². The van der Waals surface area contributed by atoms with Crippen LogP contribution in [0.15, 0.2) is 89.4 Å². The van der Waals surface area contributed by atoms with Gasteiger partial charge in [-0.15, -0.1) is 0 Å². The van der Waals surface area contributed by atoms with Crippen molar-refractivity contribution in [2.75, 3.05) is 5.32 Å². The Kier molecular flexibility index (Phi) is 5.44. The Labute approximate surface area is 150 Å². The van der Waals surface area contributed by atoms with Crippen LogP contribution in [0.4, 0.5) is 5.69 Å². The average molecular weight is 380 g/mol. The zero-order valence-corrected chi connectivity index (χ0v) is 14.7. The van der Waals surface area contributed by atoms with Crippen LogP contribution in [0.5, 0.6) is 0 Å². The number of hydrogen-bond donors (Lipinski definition) is 1. The summed E-state index contributed by atoms with van der Waals surface area (Å²) in [7, 11) is 0. The molecular weight excluding hydrogens is 362 g/mol. The molecule has 0 saturated carbocycles. The summed E-state index contributed by atoms with van der Waals surface area (Å²) in [6.07, 6.45) is 0.398. The minimum Gasteiger partial charge on any atom is -0.377 e. The number of benzene rings is 3. The zero-order valence-electron chi connectivity index (χ0n) is 13.2. The number of hydrogen-bond acceptors (Lipinski definition) is 2. The van der Waals surface area contributed by atoms with Gasteiger partial charge in [-0.3, -0.25) is 4.79 Å². The highest BCUT2D eigenvalue weighted by molar-refractivity contribution is 9.10. The van der Waals surface area contributed by atoms with Crippen molar-refractivity contribution in [2.24, 2.45) is 0 Å². The number of para-hydroxylation sites is 1. The summed E-state index contributed by atoms with van der Waals surface area (Å²) in [5.41, 5.74) is 2.82. The van der Waals surface area contributed by atoms with Crippen LogP contribution in [0.1, 0.15) is 28.4 Å². The van der Waals surface area contributed by atoms with Gasteiger partial charge in [0.1, 0.15) is 0 Å². The molecule has 0 aliphatic rings. The molecule has 0 aliphatic heterocycles. The van der Waals surface area contributed by atoms with Gasteiger partial charge in [-0.2, -0.15) is 0 Å². The van der Waals surface area contributed by atoms with Crippen LogP contribution in [-0.2, 0) is 0 Å². The molecule has 24 heavy (non-hydrogen) atoms. The standard InChI is InChI=1S/C21H18BrNO/c22-18-13-7-8-14-19(18)23-20(16-9-3-1-4-10-16)15-21(24)17-11-5-2-6-12-17/h1-14,20,23H,15H2. The maximum absolute atomic E-state index is 12.7. The molecule has 3 heteroatoms. The molecule has 3 aromatic carbocycles. The van der Waals surface area contributed by atoms with Crippen molar-refractivity contribution in [3.05, 3.63) is 101 Å². The first-order chi connectivity index (χ1) is 11.7. The zero-order chi connectivity index (χ0) is 16.8. The second kappa shape index (κ2) is 7.93. The topological polar surface area (TPSA) is 29.1 Å². The van der Waals surface area contributed by atoms with Gasteiger partial charge in [-0.05, 0) is 33.6 Å². The number of anilines is 1. The van der Waals surface area contributed by atoms with Crippen molar-refractivity contribution < 1.29 is 4.79 Å². The first kappa shape index (κ1) is 16.5. The Balaban J connectivity index is 1.86. The monoisotopic (exact) mass is 379 g/mol. The lowest BCUT2D eigenvalue weighted by molar-refractivity contribution is 0.0976. The van der Waals surface area contributed by atoms with E-state index in [2.05, 4.69) is 21.2 Å². The Morgan fingerprint density at radius 1 is 0.833 bits per heavy atom. The fourth-order valence-corrected chi connectivity index (χ4v) is 3.03. The molecule has 1 N–H and O–H groups in total. The molecule has 2 nitrogen and oxygen atoms in total. The van der Waals surface area contributed by atoms with E-state index in [1.54, 1.807) is 0 Å². The molecule has 0 spiro atoms. The van der Waals surface area contributed by atoms with Crippen LogP contribution < -0.4 is 5.32 Å². The Bertz CT molecular complexity index is 802. The van der Waals surface area contributed by atoms with E-state index >= 15 is 0 Å². The normalized spacial score (nSPS) is 11.7. The summed E-state index contributed by atoms with van der Waals surface area (Å²) in [4.78, 5) is 12.7. The van der Waals surface area contributed by atoms with E-state index in [1.165, 1.54) is 0 Å². The van der Waals surface area contributed by atoms with Crippen LogP contribution in [0, 0.1) is 0 Å². The van der Waals surface area contributed by atoms with E-state index < -0.39 is 0 Å². The van der Waals surface area contributed by atoms with Gasteiger partial charge >= 0.3 is 0 Å². The van der Waals surface area contributed by atoms with Gasteiger partial charge in [0.25, 0.3) is 0 Å². The van der Waals surface area contributed by atoms with E-state index in [0.29, 0.717) is 6.42 Å². The Morgan fingerprint density at radius 3 is 2.08 bits per heavy atom. The third kappa shape index (κ3) is 4.12. The van der Waals surface area contributed by atoms with E-state index in [9.17, 15) is 4.79 Å². The van der Waals surface area contributed by atoms with Gasteiger partial charge in [0.15, 0.2) is 5.78 Å². The minimum absolute atomic E-state index is 0.0855. The second-order valence-corrected chi connectivity index (χ2v) is 6.44. The maximum Gasteiger partial charge on any atom is 0.165 e. The molecule has 1 atom stereocenters. The van der Waals surface area contributed by atoms with E-state index in [-0.39, 0.29) is 11.8 Å². The molecule has 0 aromatic heterocycles. The third-order valence-corrected chi connectivity index (χ3v) is 4.58. The quantitative estimate of drug-likeness (QED) is 0.542. The van der Waals surface area contributed by atoms with Crippen molar-refractivity contribution in [2.45, 2.75) is 12.5 Å². The van der Waals surface area contributed by atoms with Crippen LogP contribution in [0.25, 0.3) is 0 Å². The molecule has 0 heterocycles. The fourth-order valence-electron chi connectivity index (χ4n) is 2.63. The van der Waals surface area contributed by atoms with E-state index in [4.69, 9.17) is 0 Å². The molecule has 0 radical (unpaired) electrons. The molecule has 120 valence electrons. The number of ketones is 1. The van der Waals surface area contributed by atoms with Gasteiger partial charge in [0.05, 0.1) is 6.04 Å². The van der Waals surface area contributed by atoms with Gasteiger partial charge in [0.2, 0.25) is 0 Å². The molecule has 3 rings (SSSR count). The predicted octanol–water partition coefficient (Wildman–Crippen LogP) is 5.88.